The van der Waals surface area contributed by atoms with Crippen LogP contribution in [0.2, 0.25) is 0 Å². The number of halogens is 1. The molecule has 3 nitrogen and oxygen atoms in total. The molecule has 1 aromatic rings. The lowest BCUT2D eigenvalue weighted by atomic mass is 9.79. The van der Waals surface area contributed by atoms with Gasteiger partial charge in [-0.25, -0.2) is 4.39 Å². The van der Waals surface area contributed by atoms with Crippen molar-refractivity contribution in [2.24, 2.45) is 0 Å². The lowest BCUT2D eigenvalue weighted by Crippen LogP contribution is -2.41. The van der Waals surface area contributed by atoms with E-state index in [1.807, 2.05) is 33.8 Å². The predicted molar refractivity (Wildman–Crippen MR) is 84.7 cm³/mol. The molecule has 116 valence electrons. The first-order valence-corrected chi connectivity index (χ1v) is 8.02. The molecule has 1 fully saturated rings. The fourth-order valence-corrected chi connectivity index (χ4v) is 2.83. The summed E-state index contributed by atoms with van der Waals surface area (Å²) >= 11 is 1.44. The lowest BCUT2D eigenvalue weighted by Gasteiger charge is -2.32. The number of ether oxygens (including phenoxy) is 1. The van der Waals surface area contributed by atoms with E-state index < -0.39 is 18.3 Å². The maximum Gasteiger partial charge on any atom is 0.494 e. The summed E-state index contributed by atoms with van der Waals surface area (Å²) in [4.78, 5) is 0.618. The van der Waals surface area contributed by atoms with E-state index in [1.54, 1.807) is 13.2 Å². The summed E-state index contributed by atoms with van der Waals surface area (Å²) < 4.78 is 31.0. The van der Waals surface area contributed by atoms with Gasteiger partial charge < -0.3 is 14.0 Å². The van der Waals surface area contributed by atoms with E-state index in [4.69, 9.17) is 14.0 Å². The van der Waals surface area contributed by atoms with E-state index in [0.29, 0.717) is 17.0 Å². The van der Waals surface area contributed by atoms with Gasteiger partial charge in [0, 0.05) is 17.8 Å². The van der Waals surface area contributed by atoms with Crippen molar-refractivity contribution >= 4 is 24.3 Å². The zero-order valence-electron chi connectivity index (χ0n) is 13.2. The zero-order valence-corrected chi connectivity index (χ0v) is 14.1. The Hall–Kier alpha value is -0.555. The number of hydrogen-bond acceptors (Lipinski definition) is 4. The second-order valence-corrected chi connectivity index (χ2v) is 7.26. The van der Waals surface area contributed by atoms with E-state index in [0.717, 1.165) is 5.75 Å². The van der Waals surface area contributed by atoms with Crippen LogP contribution in [0.4, 0.5) is 4.39 Å². The van der Waals surface area contributed by atoms with E-state index in [-0.39, 0.29) is 5.82 Å². The Morgan fingerprint density at radius 3 is 2.33 bits per heavy atom. The molecule has 21 heavy (non-hydrogen) atoms. The number of methoxy groups -OCH3 is 1. The maximum atomic E-state index is 14.1. The van der Waals surface area contributed by atoms with Gasteiger partial charge in [0.25, 0.3) is 0 Å². The lowest BCUT2D eigenvalue weighted by molar-refractivity contribution is 0.00578. The smallest absolute Gasteiger partial charge is 0.399 e. The van der Waals surface area contributed by atoms with E-state index in [9.17, 15) is 4.39 Å². The van der Waals surface area contributed by atoms with Crippen LogP contribution in [0.3, 0.4) is 0 Å². The summed E-state index contributed by atoms with van der Waals surface area (Å²) in [6, 6.07) is 5.13. The normalized spacial score (nSPS) is 20.0. The van der Waals surface area contributed by atoms with E-state index in [1.165, 1.54) is 17.8 Å². The van der Waals surface area contributed by atoms with Gasteiger partial charge in [0.2, 0.25) is 0 Å². The molecule has 0 spiro atoms. The molecule has 0 unspecified atom stereocenters. The first-order valence-electron chi connectivity index (χ1n) is 7.04. The largest absolute Gasteiger partial charge is 0.494 e. The Bertz CT molecular complexity index is 492. The Labute approximate surface area is 130 Å². The van der Waals surface area contributed by atoms with Gasteiger partial charge in [-0.1, -0.05) is 6.07 Å². The minimum Gasteiger partial charge on any atom is -0.399 e. The van der Waals surface area contributed by atoms with Gasteiger partial charge in [0.05, 0.1) is 17.8 Å². The molecular formula is C15H22BFO3S. The average molecular weight is 312 g/mol. The highest BCUT2D eigenvalue weighted by Crippen LogP contribution is 2.36. The molecule has 2 rings (SSSR count). The number of thioether (sulfide) groups is 1. The molecule has 1 heterocycles. The van der Waals surface area contributed by atoms with Crippen molar-refractivity contribution < 1.29 is 18.4 Å². The van der Waals surface area contributed by atoms with Crippen LogP contribution in [-0.2, 0) is 14.0 Å². The van der Waals surface area contributed by atoms with Crippen molar-refractivity contribution in [1.29, 1.82) is 0 Å². The van der Waals surface area contributed by atoms with E-state index in [2.05, 4.69) is 0 Å². The van der Waals surface area contributed by atoms with Gasteiger partial charge in [-0.15, -0.1) is 11.8 Å². The van der Waals surface area contributed by atoms with Gasteiger partial charge in [-0.3, -0.25) is 0 Å². The van der Waals surface area contributed by atoms with Crippen LogP contribution in [0.1, 0.15) is 27.7 Å². The fraction of sp³-hybridized carbons (Fsp3) is 0.600. The van der Waals surface area contributed by atoms with Crippen LogP contribution in [0.15, 0.2) is 23.1 Å². The van der Waals surface area contributed by atoms with Gasteiger partial charge in [0.15, 0.2) is 0 Å². The molecule has 0 radical (unpaired) electrons. The third-order valence-corrected chi connectivity index (χ3v) is 5.04. The summed E-state index contributed by atoms with van der Waals surface area (Å²) in [5.74, 6) is 0.479. The molecule has 1 saturated heterocycles. The van der Waals surface area contributed by atoms with Crippen molar-refractivity contribution in [1.82, 2.24) is 0 Å². The van der Waals surface area contributed by atoms with Crippen molar-refractivity contribution in [3.63, 3.8) is 0 Å². The maximum absolute atomic E-state index is 14.1. The van der Waals surface area contributed by atoms with E-state index >= 15 is 0 Å². The Morgan fingerprint density at radius 1 is 1.19 bits per heavy atom. The third-order valence-electron chi connectivity index (χ3n) is 4.03. The monoisotopic (exact) mass is 312 g/mol. The molecule has 1 aliphatic heterocycles. The topological polar surface area (TPSA) is 27.7 Å². The molecule has 1 aromatic carbocycles. The van der Waals surface area contributed by atoms with Crippen molar-refractivity contribution in [3.8, 4) is 0 Å². The Balaban J connectivity index is 2.11. The molecule has 0 aliphatic carbocycles. The first kappa shape index (κ1) is 16.8. The minimum absolute atomic E-state index is 0.247. The average Bonchev–Trinajstić information content (AvgIpc) is 2.60. The molecule has 0 amide bonds. The van der Waals surface area contributed by atoms with Crippen LogP contribution in [0.5, 0.6) is 0 Å². The molecule has 0 atom stereocenters. The minimum atomic E-state index is -0.525. The molecule has 1 aliphatic rings. The van der Waals surface area contributed by atoms with Gasteiger partial charge >= 0.3 is 7.12 Å². The van der Waals surface area contributed by atoms with Crippen molar-refractivity contribution in [2.45, 2.75) is 43.8 Å². The van der Waals surface area contributed by atoms with Crippen LogP contribution < -0.4 is 5.46 Å². The first-order chi connectivity index (χ1) is 9.77. The molecular weight excluding hydrogens is 290 g/mol. The highest BCUT2D eigenvalue weighted by Gasteiger charge is 2.51. The standard InChI is InChI=1S/C15H22BFO3S/c1-14(2)15(3,4)20-16(19-14)11-6-7-13(12(17)10-11)21-9-8-18-5/h6-7,10H,8-9H2,1-5H3. The second kappa shape index (κ2) is 6.28. The number of rotatable bonds is 5. The summed E-state index contributed by atoms with van der Waals surface area (Å²) in [6.07, 6.45) is 0. The third kappa shape index (κ3) is 3.62. The number of hydrogen-bond donors (Lipinski definition) is 0. The zero-order chi connectivity index (χ0) is 15.7. The highest BCUT2D eigenvalue weighted by atomic mass is 32.2. The quantitative estimate of drug-likeness (QED) is 0.475. The van der Waals surface area contributed by atoms with Crippen LogP contribution in [-0.4, -0.2) is 37.8 Å². The predicted octanol–water partition coefficient (Wildman–Crippen LogP) is 2.86. The van der Waals surface area contributed by atoms with Crippen molar-refractivity contribution in [3.05, 3.63) is 24.0 Å². The molecule has 0 N–H and O–H groups in total. The van der Waals surface area contributed by atoms with Crippen LogP contribution in [0, 0.1) is 5.82 Å². The van der Waals surface area contributed by atoms with Crippen LogP contribution >= 0.6 is 11.8 Å². The molecule has 0 saturated carbocycles. The van der Waals surface area contributed by atoms with Crippen molar-refractivity contribution in [2.75, 3.05) is 19.5 Å². The summed E-state index contributed by atoms with van der Waals surface area (Å²) in [7, 11) is 1.11. The second-order valence-electron chi connectivity index (χ2n) is 6.12. The van der Waals surface area contributed by atoms with Gasteiger partial charge in [-0.05, 0) is 45.3 Å². The summed E-state index contributed by atoms with van der Waals surface area (Å²) in [5, 5.41) is 0. The molecule has 0 bridgehead atoms. The summed E-state index contributed by atoms with van der Waals surface area (Å²) in [5.41, 5.74) is -0.123. The molecule has 6 heteroatoms. The molecule has 0 aromatic heterocycles. The fourth-order valence-electron chi connectivity index (χ4n) is 1.99. The Kier molecular flexibility index (Phi) is 5.03. The van der Waals surface area contributed by atoms with Gasteiger partial charge in [0.1, 0.15) is 5.82 Å². The Morgan fingerprint density at radius 2 is 1.81 bits per heavy atom. The number of benzene rings is 1. The van der Waals surface area contributed by atoms with Crippen LogP contribution in [0.25, 0.3) is 0 Å². The summed E-state index contributed by atoms with van der Waals surface area (Å²) in [6.45, 7) is 8.54. The SMILES string of the molecule is COCCSc1ccc(B2OC(C)(C)C(C)(C)O2)cc1F. The van der Waals surface area contributed by atoms with Gasteiger partial charge in [-0.2, -0.15) is 0 Å². The highest BCUT2D eigenvalue weighted by molar-refractivity contribution is 7.99.